The van der Waals surface area contributed by atoms with E-state index >= 15 is 0 Å². The summed E-state index contributed by atoms with van der Waals surface area (Å²) in [5.74, 6) is -22.5. The van der Waals surface area contributed by atoms with Gasteiger partial charge in [-0.3, -0.25) is 14.6 Å². The predicted octanol–water partition coefficient (Wildman–Crippen LogP) is 3.49. The number of ether oxygens (including phenoxy) is 2. The Bertz CT molecular complexity index is 717. The first-order chi connectivity index (χ1) is 18.0. The summed E-state index contributed by atoms with van der Waals surface area (Å²) in [6.07, 6.45) is -0.122. The van der Waals surface area contributed by atoms with Gasteiger partial charge in [-0.15, -0.1) is 0 Å². The first kappa shape index (κ1) is 41.7. The molecule has 7 nitrogen and oxygen atoms in total. The molecule has 0 aliphatic carbocycles. The molecule has 0 aliphatic heterocycles. The van der Waals surface area contributed by atoms with E-state index in [4.69, 9.17) is 4.74 Å². The molecule has 0 spiro atoms. The van der Waals surface area contributed by atoms with Crippen molar-refractivity contribution in [2.45, 2.75) is 113 Å². The van der Waals surface area contributed by atoms with Crippen molar-refractivity contribution in [2.75, 3.05) is 13.2 Å². The Labute approximate surface area is 252 Å². The van der Waals surface area contributed by atoms with Crippen molar-refractivity contribution in [3.8, 4) is 0 Å². The monoisotopic (exact) mass is 634 g/mol. The van der Waals surface area contributed by atoms with Crippen molar-refractivity contribution in [1.82, 2.24) is 0 Å². The maximum atomic E-state index is 13.5. The molecule has 0 saturated carbocycles. The molecule has 1 unspecified atom stereocenters. The van der Waals surface area contributed by atoms with Crippen LogP contribution in [-0.2, 0) is 28.4 Å². The number of alkyl halides is 9. The van der Waals surface area contributed by atoms with E-state index in [1.54, 1.807) is 0 Å². The van der Waals surface area contributed by atoms with Gasteiger partial charge in [0.2, 0.25) is 0 Å². The number of hydrogen-bond acceptors (Lipinski definition) is 8. The summed E-state index contributed by atoms with van der Waals surface area (Å²) in [6.45, 7) is 0.360. The fourth-order valence-corrected chi connectivity index (χ4v) is 3.62. The number of esters is 2. The van der Waals surface area contributed by atoms with Gasteiger partial charge < -0.3 is 14.7 Å². The van der Waals surface area contributed by atoms with E-state index < -0.39 is 60.6 Å². The molecule has 0 amide bonds. The zero-order valence-corrected chi connectivity index (χ0v) is 25.0. The Morgan fingerprint density at radius 3 is 1.73 bits per heavy atom. The third-order valence-corrected chi connectivity index (χ3v) is 6.15. The van der Waals surface area contributed by atoms with Gasteiger partial charge in [-0.05, 0) is 6.42 Å². The van der Waals surface area contributed by atoms with Gasteiger partial charge in [-0.1, -0.05) is 64.7 Å². The number of rotatable bonds is 22. The van der Waals surface area contributed by atoms with Crippen LogP contribution in [0.1, 0.15) is 84.0 Å². The number of unbranched alkanes of at least 4 members (excludes halogenated alkanes) is 9. The summed E-state index contributed by atoms with van der Waals surface area (Å²) in [4.78, 5) is 23.9. The Hall–Kier alpha value is -0.460. The van der Waals surface area contributed by atoms with Crippen LogP contribution < -0.4 is 34.8 Å². The van der Waals surface area contributed by atoms with Crippen molar-refractivity contribution in [2.24, 2.45) is 0 Å². The van der Waals surface area contributed by atoms with Gasteiger partial charge in [0.05, 0.1) is 26.1 Å². The quantitative estimate of drug-likeness (QED) is 0.0340. The van der Waals surface area contributed by atoms with Crippen LogP contribution in [0.3, 0.4) is 0 Å². The van der Waals surface area contributed by atoms with E-state index in [-0.39, 0.29) is 48.2 Å². The van der Waals surface area contributed by atoms with Crippen molar-refractivity contribution in [3.05, 3.63) is 0 Å². The largest absolute Gasteiger partial charge is 1.00 e. The minimum atomic E-state index is -7.08. The average Bonchev–Trinajstić information content (AvgIpc) is 2.83. The van der Waals surface area contributed by atoms with Crippen molar-refractivity contribution in [1.29, 1.82) is 0 Å². The predicted molar refractivity (Wildman–Crippen MR) is 117 cm³/mol. The van der Waals surface area contributed by atoms with Crippen LogP contribution in [0.15, 0.2) is 0 Å². The molecular weight excluding hydrogens is 602 g/mol. The standard InChI is InChI=1S/C22H33F9O7S.Na/c1-2-3-4-5-6-7-8-9-10-11-13-35-17(32)15-16(39-38-37-34)18(33)36-14-12-19(23,24)20(25,26)21(27,28)22(29,30)31;/h16,34H,2-15H2,1H3;/q;+1/p-1. The van der Waals surface area contributed by atoms with Gasteiger partial charge in [0.25, 0.3) is 0 Å². The molecule has 0 heterocycles. The van der Waals surface area contributed by atoms with Gasteiger partial charge in [0.1, 0.15) is 5.25 Å². The molecule has 40 heavy (non-hydrogen) atoms. The van der Waals surface area contributed by atoms with Crippen LogP contribution in [0.4, 0.5) is 39.5 Å². The molecular formula is C22H32F9NaO7S. The Balaban J connectivity index is 0. The minimum Gasteiger partial charge on any atom is -0.691 e. The molecule has 1 atom stereocenters. The Morgan fingerprint density at radius 1 is 0.750 bits per heavy atom. The number of carbonyl (C=O) groups excluding carboxylic acids is 2. The zero-order chi connectivity index (χ0) is 30.2. The molecule has 0 bridgehead atoms. The van der Waals surface area contributed by atoms with Gasteiger partial charge >= 0.3 is 65.4 Å². The minimum absolute atomic E-state index is 0. The topological polar surface area (TPSA) is 94.1 Å². The molecule has 0 radical (unpaired) electrons. The summed E-state index contributed by atoms with van der Waals surface area (Å²) in [7, 11) is 0. The van der Waals surface area contributed by atoms with Crippen LogP contribution in [0.5, 0.6) is 0 Å². The van der Waals surface area contributed by atoms with Crippen molar-refractivity contribution in [3.63, 3.8) is 0 Å². The SMILES string of the molecule is CCCCCCCCCCCCOC(=O)CC(SOO[O-])C(=O)OCCC(F)(F)C(F)(F)C(F)(F)C(F)(F)F.[Na+]. The molecule has 0 rings (SSSR count). The molecule has 18 heteroatoms. The molecule has 0 aliphatic rings. The smallest absolute Gasteiger partial charge is 0.691 e. The van der Waals surface area contributed by atoms with E-state index in [0.29, 0.717) is 6.42 Å². The van der Waals surface area contributed by atoms with E-state index in [2.05, 4.69) is 21.0 Å². The van der Waals surface area contributed by atoms with E-state index in [1.165, 1.54) is 19.3 Å². The molecule has 0 aromatic heterocycles. The van der Waals surface area contributed by atoms with Crippen LogP contribution in [0.25, 0.3) is 0 Å². The summed E-state index contributed by atoms with van der Waals surface area (Å²) in [5.41, 5.74) is 0. The maximum Gasteiger partial charge on any atom is 1.00 e. The Morgan fingerprint density at radius 2 is 1.25 bits per heavy atom. The molecule has 0 fully saturated rings. The first-order valence-corrected chi connectivity index (χ1v) is 13.0. The molecule has 0 aromatic rings. The number of carbonyl (C=O) groups is 2. The summed E-state index contributed by atoms with van der Waals surface area (Å²) in [5, 5.41) is 11.2. The summed E-state index contributed by atoms with van der Waals surface area (Å²) < 4.78 is 129. The van der Waals surface area contributed by atoms with E-state index in [9.17, 15) is 54.4 Å². The summed E-state index contributed by atoms with van der Waals surface area (Å²) >= 11 is -0.126. The molecule has 0 aromatic carbocycles. The first-order valence-electron chi connectivity index (χ1n) is 12.2. The van der Waals surface area contributed by atoms with E-state index in [1.807, 2.05) is 0 Å². The third kappa shape index (κ3) is 14.6. The fourth-order valence-electron chi connectivity index (χ4n) is 3.14. The zero-order valence-electron chi connectivity index (χ0n) is 22.1. The summed E-state index contributed by atoms with van der Waals surface area (Å²) in [6, 6.07) is 0. The van der Waals surface area contributed by atoms with Crippen LogP contribution in [0, 0.1) is 0 Å². The number of halogens is 9. The Kier molecular flexibility index (Phi) is 21.3. The maximum absolute atomic E-state index is 13.5. The second-order valence-corrected chi connectivity index (χ2v) is 9.49. The second-order valence-electron chi connectivity index (χ2n) is 8.60. The van der Waals surface area contributed by atoms with Gasteiger partial charge in [-0.25, -0.2) is 0 Å². The van der Waals surface area contributed by atoms with Crippen molar-refractivity contribution < 1.29 is 103 Å². The molecule has 0 saturated heterocycles. The fraction of sp³-hybridized carbons (Fsp3) is 0.909. The van der Waals surface area contributed by atoms with Crippen LogP contribution in [-0.4, -0.2) is 54.3 Å². The molecule has 232 valence electrons. The van der Waals surface area contributed by atoms with Crippen LogP contribution >= 0.6 is 12.0 Å². The second kappa shape index (κ2) is 20.4. The van der Waals surface area contributed by atoms with Gasteiger partial charge in [0.15, 0.2) is 0 Å². The molecule has 0 N–H and O–H groups in total. The van der Waals surface area contributed by atoms with Gasteiger partial charge in [-0.2, -0.15) is 43.8 Å². The third-order valence-electron chi connectivity index (χ3n) is 5.43. The van der Waals surface area contributed by atoms with Crippen LogP contribution in [0.2, 0.25) is 0 Å². The number of hydrogen-bond donors (Lipinski definition) is 0. The van der Waals surface area contributed by atoms with Gasteiger partial charge in [0, 0.05) is 12.0 Å². The van der Waals surface area contributed by atoms with E-state index in [0.717, 1.165) is 38.5 Å². The average molecular weight is 635 g/mol. The normalized spacial score (nSPS) is 13.5. The van der Waals surface area contributed by atoms with Crippen molar-refractivity contribution >= 4 is 24.0 Å².